The van der Waals surface area contributed by atoms with E-state index in [0.29, 0.717) is 18.1 Å². The maximum absolute atomic E-state index is 13.8. The van der Waals surface area contributed by atoms with Gasteiger partial charge in [-0.1, -0.05) is 34.1 Å². The van der Waals surface area contributed by atoms with E-state index in [2.05, 4.69) is 46.3 Å². The molecule has 2 fully saturated rings. The minimum absolute atomic E-state index is 0.0695. The zero-order chi connectivity index (χ0) is 28.6. The second kappa shape index (κ2) is 9.20. The molecular weight excluding hydrogens is 570 g/mol. The number of hydrogen-bond acceptors (Lipinski definition) is 5. The third-order valence-corrected chi connectivity index (χ3v) is 8.39. The Morgan fingerprint density at radius 3 is 2.20 bits per heavy atom. The molecule has 7 nitrogen and oxygen atoms in total. The monoisotopic (exact) mass is 605 g/mol. The lowest BCUT2D eigenvalue weighted by molar-refractivity contribution is 0.0201. The number of aromatic nitrogens is 2. The zero-order valence-corrected chi connectivity index (χ0v) is 25.6. The van der Waals surface area contributed by atoms with Crippen molar-refractivity contribution in [2.75, 3.05) is 6.54 Å². The van der Waals surface area contributed by atoms with Crippen molar-refractivity contribution in [2.24, 2.45) is 5.41 Å². The predicted molar refractivity (Wildman–Crippen MR) is 157 cm³/mol. The molecular formula is C32H36BrN3O4. The third kappa shape index (κ3) is 5.06. The fraction of sp³-hybridized carbons (Fsp3) is 0.469. The van der Waals surface area contributed by atoms with Crippen molar-refractivity contribution in [1.29, 1.82) is 0 Å². The molecule has 1 saturated carbocycles. The Labute approximate surface area is 244 Å². The molecule has 2 aliphatic carbocycles. The van der Waals surface area contributed by atoms with Crippen LogP contribution >= 0.6 is 15.9 Å². The van der Waals surface area contributed by atoms with Gasteiger partial charge in [0, 0.05) is 16.6 Å². The number of fused-ring (bicyclic) bond motifs is 3. The highest BCUT2D eigenvalue weighted by Gasteiger charge is 2.55. The summed E-state index contributed by atoms with van der Waals surface area (Å²) in [5.41, 5.74) is 5.22. The topological polar surface area (TPSA) is 73.7 Å². The molecule has 6 rings (SSSR count). The van der Waals surface area contributed by atoms with Crippen molar-refractivity contribution in [3.8, 4) is 22.4 Å². The van der Waals surface area contributed by atoms with E-state index in [1.165, 1.54) is 22.3 Å². The summed E-state index contributed by atoms with van der Waals surface area (Å²) in [6.45, 7) is 11.8. The van der Waals surface area contributed by atoms with E-state index in [9.17, 15) is 9.59 Å². The molecule has 210 valence electrons. The number of imidazole rings is 1. The van der Waals surface area contributed by atoms with Crippen LogP contribution < -0.4 is 0 Å². The number of halogens is 1. The van der Waals surface area contributed by atoms with Crippen LogP contribution in [0.2, 0.25) is 0 Å². The van der Waals surface area contributed by atoms with Crippen LogP contribution in [0.1, 0.15) is 83.8 Å². The first-order valence-electron chi connectivity index (χ1n) is 13.9. The Morgan fingerprint density at radius 2 is 1.55 bits per heavy atom. The van der Waals surface area contributed by atoms with E-state index in [-0.39, 0.29) is 17.6 Å². The summed E-state index contributed by atoms with van der Waals surface area (Å²) >= 11 is 3.59. The smallest absolute Gasteiger partial charge is 0.420 e. The maximum atomic E-state index is 13.8. The number of carbonyl (C=O) groups excluding carboxylic acids is 2. The average Bonchev–Trinajstić information content (AvgIpc) is 3.16. The van der Waals surface area contributed by atoms with Gasteiger partial charge >= 0.3 is 12.2 Å². The van der Waals surface area contributed by atoms with Crippen LogP contribution in [0.25, 0.3) is 22.4 Å². The lowest BCUT2D eigenvalue weighted by Gasteiger charge is -2.29. The van der Waals surface area contributed by atoms with Crippen LogP contribution in [-0.4, -0.2) is 44.4 Å². The second-order valence-electron chi connectivity index (χ2n) is 13.5. The normalized spacial score (nSPS) is 19.0. The third-order valence-electron chi connectivity index (χ3n) is 7.90. The zero-order valence-electron chi connectivity index (χ0n) is 24.0. The number of nitrogens with zero attached hydrogens (tertiary/aromatic N) is 3. The number of carbonyl (C=O) groups is 2. The number of amides is 1. The quantitative estimate of drug-likeness (QED) is 0.230. The van der Waals surface area contributed by atoms with Crippen molar-refractivity contribution >= 4 is 28.1 Å². The van der Waals surface area contributed by atoms with E-state index >= 15 is 0 Å². The van der Waals surface area contributed by atoms with E-state index in [4.69, 9.17) is 14.5 Å². The summed E-state index contributed by atoms with van der Waals surface area (Å²) in [4.78, 5) is 33.7. The highest BCUT2D eigenvalue weighted by Crippen LogP contribution is 2.58. The lowest BCUT2D eigenvalue weighted by Crippen LogP contribution is -2.38. The van der Waals surface area contributed by atoms with E-state index in [1.54, 1.807) is 15.7 Å². The van der Waals surface area contributed by atoms with Gasteiger partial charge in [-0.05, 0) is 113 Å². The standard InChI is InChI=1S/C32H36BrN3O4/c1-30(2,3)39-28(37)35-18-32(11-12-32)16-25(35)27-34-17-26(36(27)29(38)40-31(4,5)6)19-7-9-23-20(13-19)14-21-15-22(33)8-10-24(21)23/h7-10,13,15,17,25H,11-12,14,16,18H2,1-6H3. The van der Waals surface area contributed by atoms with Gasteiger partial charge in [0.05, 0.1) is 17.9 Å². The molecule has 1 unspecified atom stereocenters. The number of ether oxygens (including phenoxy) is 2. The molecule has 1 spiro atoms. The van der Waals surface area contributed by atoms with Crippen LogP contribution in [0.3, 0.4) is 0 Å². The summed E-state index contributed by atoms with van der Waals surface area (Å²) in [5.74, 6) is 0.520. The summed E-state index contributed by atoms with van der Waals surface area (Å²) in [6, 6.07) is 12.3. The summed E-state index contributed by atoms with van der Waals surface area (Å²) in [6.07, 6.45) is 4.56. The molecule has 8 heteroatoms. The fourth-order valence-electron chi connectivity index (χ4n) is 5.98. The SMILES string of the molecule is CC(C)(C)OC(=O)N1CC2(CC2)CC1c1ncc(-c2ccc3c(c2)Cc2cc(Br)ccc2-3)n1C(=O)OC(C)(C)C. The number of hydrogen-bond donors (Lipinski definition) is 0. The maximum Gasteiger partial charge on any atom is 0.420 e. The van der Waals surface area contributed by atoms with Gasteiger partial charge in [0.2, 0.25) is 0 Å². The highest BCUT2D eigenvalue weighted by molar-refractivity contribution is 9.10. The molecule has 0 bridgehead atoms. The first kappa shape index (κ1) is 27.1. The predicted octanol–water partition coefficient (Wildman–Crippen LogP) is 8.13. The molecule has 0 radical (unpaired) electrons. The van der Waals surface area contributed by atoms with Crippen LogP contribution in [0, 0.1) is 5.41 Å². The van der Waals surface area contributed by atoms with Gasteiger partial charge in [-0.25, -0.2) is 19.1 Å². The van der Waals surface area contributed by atoms with Crippen LogP contribution in [0.15, 0.2) is 47.1 Å². The van der Waals surface area contributed by atoms with E-state index < -0.39 is 17.3 Å². The molecule has 3 aliphatic rings. The molecule has 1 saturated heterocycles. The summed E-state index contributed by atoms with van der Waals surface area (Å²) in [7, 11) is 0. The Kier molecular flexibility index (Phi) is 6.22. The molecule has 40 heavy (non-hydrogen) atoms. The van der Waals surface area contributed by atoms with Crippen molar-refractivity contribution in [2.45, 2.75) is 84.5 Å². The van der Waals surface area contributed by atoms with Crippen LogP contribution in [-0.2, 0) is 15.9 Å². The minimum atomic E-state index is -0.693. The Bertz CT molecular complexity index is 1520. The van der Waals surface area contributed by atoms with Gasteiger partial charge < -0.3 is 9.47 Å². The second-order valence-corrected chi connectivity index (χ2v) is 14.4. The highest BCUT2D eigenvalue weighted by atomic mass is 79.9. The van der Waals surface area contributed by atoms with Gasteiger partial charge in [0.25, 0.3) is 0 Å². The van der Waals surface area contributed by atoms with Crippen LogP contribution in [0.4, 0.5) is 9.59 Å². The van der Waals surface area contributed by atoms with Gasteiger partial charge in [-0.2, -0.15) is 0 Å². The largest absolute Gasteiger partial charge is 0.444 e. The van der Waals surface area contributed by atoms with Gasteiger partial charge in [0.1, 0.15) is 17.0 Å². The summed E-state index contributed by atoms with van der Waals surface area (Å²) < 4.78 is 14.3. The molecule has 1 amide bonds. The van der Waals surface area contributed by atoms with E-state index in [1.807, 2.05) is 47.6 Å². The first-order valence-corrected chi connectivity index (χ1v) is 14.7. The first-order chi connectivity index (χ1) is 18.7. The molecule has 3 aromatic rings. The van der Waals surface area contributed by atoms with Gasteiger partial charge in [-0.3, -0.25) is 4.90 Å². The lowest BCUT2D eigenvalue weighted by atomic mass is 10.0. The van der Waals surface area contributed by atoms with E-state index in [0.717, 1.165) is 35.7 Å². The molecule has 1 aliphatic heterocycles. The molecule has 1 atom stereocenters. The van der Waals surface area contributed by atoms with Crippen molar-refractivity contribution < 1.29 is 19.1 Å². The van der Waals surface area contributed by atoms with Gasteiger partial charge in [0.15, 0.2) is 0 Å². The Hall–Kier alpha value is -3.13. The van der Waals surface area contributed by atoms with Gasteiger partial charge in [-0.15, -0.1) is 0 Å². The number of rotatable bonds is 2. The fourth-order valence-corrected chi connectivity index (χ4v) is 6.39. The molecule has 2 heterocycles. The molecule has 2 aromatic carbocycles. The van der Waals surface area contributed by atoms with Crippen molar-refractivity contribution in [1.82, 2.24) is 14.5 Å². The molecule has 0 N–H and O–H groups in total. The Morgan fingerprint density at radius 1 is 0.925 bits per heavy atom. The van der Waals surface area contributed by atoms with Crippen LogP contribution in [0.5, 0.6) is 0 Å². The van der Waals surface area contributed by atoms with Crippen molar-refractivity contribution in [3.63, 3.8) is 0 Å². The Balaban J connectivity index is 1.42. The molecule has 1 aromatic heterocycles. The minimum Gasteiger partial charge on any atom is -0.444 e. The average molecular weight is 607 g/mol. The summed E-state index contributed by atoms with van der Waals surface area (Å²) in [5, 5.41) is 0. The number of benzene rings is 2. The van der Waals surface area contributed by atoms with Crippen molar-refractivity contribution in [3.05, 3.63) is 64.0 Å². The number of likely N-dealkylation sites (tertiary alicyclic amines) is 1.